The Bertz CT molecular complexity index is 580. The van der Waals surface area contributed by atoms with E-state index < -0.39 is 0 Å². The molecule has 0 unspecified atom stereocenters. The second kappa shape index (κ2) is 6.69. The van der Waals surface area contributed by atoms with E-state index in [1.165, 1.54) is 11.8 Å². The predicted molar refractivity (Wildman–Crippen MR) is 81.6 cm³/mol. The van der Waals surface area contributed by atoms with Gasteiger partial charge in [-0.3, -0.25) is 0 Å². The molecule has 1 N–H and O–H groups in total. The number of hydrogen-bond acceptors (Lipinski definition) is 6. The van der Waals surface area contributed by atoms with Crippen molar-refractivity contribution in [3.63, 3.8) is 0 Å². The highest BCUT2D eigenvalue weighted by molar-refractivity contribution is 7.98. The summed E-state index contributed by atoms with van der Waals surface area (Å²) in [7, 11) is 0. The van der Waals surface area contributed by atoms with Gasteiger partial charge in [-0.1, -0.05) is 25.6 Å². The third kappa shape index (κ3) is 3.09. The number of anilines is 1. The van der Waals surface area contributed by atoms with Gasteiger partial charge >= 0.3 is 0 Å². The second-order valence-electron chi connectivity index (χ2n) is 4.19. The Labute approximate surface area is 123 Å². The lowest BCUT2D eigenvalue weighted by Gasteiger charge is -2.08. The number of thioether (sulfide) groups is 1. The quantitative estimate of drug-likeness (QED) is 0.651. The van der Waals surface area contributed by atoms with Gasteiger partial charge in [0.05, 0.1) is 0 Å². The second-order valence-corrected chi connectivity index (χ2v) is 4.96. The van der Waals surface area contributed by atoms with Gasteiger partial charge in [0.15, 0.2) is 16.8 Å². The van der Waals surface area contributed by atoms with Crippen LogP contribution in [0.25, 0.3) is 5.82 Å². The largest absolute Gasteiger partial charge is 0.370 e. The lowest BCUT2D eigenvalue weighted by atomic mass is 10.4. The maximum absolute atomic E-state index is 4.53. The molecule has 0 aromatic carbocycles. The predicted octanol–water partition coefficient (Wildman–Crippen LogP) is 2.34. The van der Waals surface area contributed by atoms with Crippen LogP contribution in [0.1, 0.15) is 32.4 Å². The lowest BCUT2D eigenvalue weighted by molar-refractivity contribution is 0.749. The molecule has 0 aliphatic carbocycles. The van der Waals surface area contributed by atoms with Crippen LogP contribution in [0.15, 0.2) is 11.2 Å². The first-order valence-corrected chi connectivity index (χ1v) is 8.06. The highest BCUT2D eigenvalue weighted by atomic mass is 32.2. The molecule has 0 aliphatic heterocycles. The third-order valence-corrected chi connectivity index (χ3v) is 3.35. The number of rotatable bonds is 6. The molecule has 0 fully saturated rings. The molecule has 2 aromatic rings. The summed E-state index contributed by atoms with van der Waals surface area (Å²) in [5.41, 5.74) is 0. The normalized spacial score (nSPS) is 10.8. The van der Waals surface area contributed by atoms with Gasteiger partial charge in [-0.05, 0) is 13.2 Å². The first-order chi connectivity index (χ1) is 9.71. The van der Waals surface area contributed by atoms with Crippen molar-refractivity contribution in [3.05, 3.63) is 17.7 Å². The van der Waals surface area contributed by atoms with Crippen LogP contribution in [0, 0.1) is 0 Å². The zero-order chi connectivity index (χ0) is 14.5. The Balaban J connectivity index is 2.50. The average Bonchev–Trinajstić information content (AvgIpc) is 2.90. The lowest BCUT2D eigenvalue weighted by Crippen LogP contribution is -2.08. The summed E-state index contributed by atoms with van der Waals surface area (Å²) in [6, 6.07) is 1.91. The van der Waals surface area contributed by atoms with E-state index in [-0.39, 0.29) is 0 Å². The maximum atomic E-state index is 4.53. The number of aryl methyl sites for hydroxylation is 2. The van der Waals surface area contributed by atoms with Crippen LogP contribution in [0.3, 0.4) is 0 Å². The molecule has 6 nitrogen and oxygen atoms in total. The Morgan fingerprint density at radius 2 is 1.95 bits per heavy atom. The van der Waals surface area contributed by atoms with E-state index in [0.717, 1.165) is 47.8 Å². The summed E-state index contributed by atoms with van der Waals surface area (Å²) in [4.78, 5) is 13.5. The van der Waals surface area contributed by atoms with Crippen molar-refractivity contribution in [2.75, 3.05) is 18.1 Å². The van der Waals surface area contributed by atoms with Crippen LogP contribution in [0.4, 0.5) is 5.82 Å². The summed E-state index contributed by atoms with van der Waals surface area (Å²) in [6.07, 6.45) is 3.61. The minimum absolute atomic E-state index is 0.731. The van der Waals surface area contributed by atoms with E-state index in [1.807, 2.05) is 23.9 Å². The third-order valence-electron chi connectivity index (χ3n) is 2.80. The number of nitrogens with zero attached hydrogens (tertiary/aromatic N) is 5. The Kier molecular flexibility index (Phi) is 4.94. The molecule has 0 bridgehead atoms. The van der Waals surface area contributed by atoms with Crippen molar-refractivity contribution >= 4 is 17.6 Å². The van der Waals surface area contributed by atoms with Crippen molar-refractivity contribution in [2.24, 2.45) is 0 Å². The van der Waals surface area contributed by atoms with Gasteiger partial charge in [0.1, 0.15) is 11.6 Å². The fourth-order valence-corrected chi connectivity index (χ4v) is 2.21. The standard InChI is InChI=1S/C13H20N6S/c1-5-9-15-11(6-2)19(18-9)12-8-10(14-7-3)16-13(17-12)20-4/h8H,5-7H2,1-4H3,(H,14,16,17). The summed E-state index contributed by atoms with van der Waals surface area (Å²) >= 11 is 1.52. The highest BCUT2D eigenvalue weighted by Crippen LogP contribution is 2.18. The van der Waals surface area contributed by atoms with E-state index >= 15 is 0 Å². The fourth-order valence-electron chi connectivity index (χ4n) is 1.84. The van der Waals surface area contributed by atoms with E-state index in [2.05, 4.69) is 39.2 Å². The van der Waals surface area contributed by atoms with Gasteiger partial charge in [0.25, 0.3) is 0 Å². The Morgan fingerprint density at radius 3 is 2.55 bits per heavy atom. The van der Waals surface area contributed by atoms with E-state index in [0.29, 0.717) is 0 Å². The fraction of sp³-hybridized carbons (Fsp3) is 0.538. The van der Waals surface area contributed by atoms with Crippen LogP contribution in [-0.4, -0.2) is 37.5 Å². The van der Waals surface area contributed by atoms with E-state index in [9.17, 15) is 0 Å². The number of aromatic nitrogens is 5. The molecule has 0 saturated carbocycles. The van der Waals surface area contributed by atoms with Crippen LogP contribution < -0.4 is 5.32 Å². The summed E-state index contributed by atoms with van der Waals surface area (Å²) in [6.45, 7) is 6.99. The van der Waals surface area contributed by atoms with Crippen molar-refractivity contribution in [2.45, 2.75) is 38.8 Å². The summed E-state index contributed by atoms with van der Waals surface area (Å²) in [5, 5.41) is 8.48. The zero-order valence-corrected chi connectivity index (χ0v) is 13.2. The molecule has 0 saturated heterocycles. The average molecular weight is 292 g/mol. The molecule has 20 heavy (non-hydrogen) atoms. The van der Waals surface area contributed by atoms with Crippen LogP contribution in [-0.2, 0) is 12.8 Å². The van der Waals surface area contributed by atoms with Gasteiger partial charge in [-0.15, -0.1) is 5.10 Å². The molecule has 2 heterocycles. The highest BCUT2D eigenvalue weighted by Gasteiger charge is 2.12. The summed E-state index contributed by atoms with van der Waals surface area (Å²) < 4.78 is 1.82. The summed E-state index contributed by atoms with van der Waals surface area (Å²) in [5.74, 6) is 3.35. The van der Waals surface area contributed by atoms with Gasteiger partial charge in [-0.25, -0.2) is 15.0 Å². The molecular formula is C13H20N6S. The van der Waals surface area contributed by atoms with Crippen molar-refractivity contribution < 1.29 is 0 Å². The van der Waals surface area contributed by atoms with Crippen LogP contribution in [0.5, 0.6) is 0 Å². The van der Waals surface area contributed by atoms with Crippen LogP contribution >= 0.6 is 11.8 Å². The van der Waals surface area contributed by atoms with Gasteiger partial charge in [0.2, 0.25) is 0 Å². The van der Waals surface area contributed by atoms with Gasteiger partial charge < -0.3 is 5.32 Å². The first kappa shape index (κ1) is 14.8. The molecular weight excluding hydrogens is 272 g/mol. The minimum atomic E-state index is 0.731. The SMILES string of the molecule is CCNc1cc(-n2nc(CC)nc2CC)nc(SC)n1. The molecule has 2 rings (SSSR count). The maximum Gasteiger partial charge on any atom is 0.191 e. The van der Waals surface area contributed by atoms with Crippen molar-refractivity contribution in [3.8, 4) is 5.82 Å². The van der Waals surface area contributed by atoms with E-state index in [1.54, 1.807) is 0 Å². The molecule has 0 radical (unpaired) electrons. The Morgan fingerprint density at radius 1 is 1.15 bits per heavy atom. The molecule has 7 heteroatoms. The van der Waals surface area contributed by atoms with Crippen molar-refractivity contribution in [1.82, 2.24) is 24.7 Å². The Hall–Kier alpha value is -1.63. The zero-order valence-electron chi connectivity index (χ0n) is 12.3. The molecule has 0 aliphatic rings. The molecule has 0 amide bonds. The number of hydrogen-bond donors (Lipinski definition) is 1. The van der Waals surface area contributed by atoms with Crippen LogP contribution in [0.2, 0.25) is 0 Å². The minimum Gasteiger partial charge on any atom is -0.370 e. The monoisotopic (exact) mass is 292 g/mol. The van der Waals surface area contributed by atoms with Gasteiger partial charge in [0, 0.05) is 25.5 Å². The van der Waals surface area contributed by atoms with Gasteiger partial charge in [-0.2, -0.15) is 4.68 Å². The molecule has 2 aromatic heterocycles. The molecule has 0 spiro atoms. The number of nitrogens with one attached hydrogen (secondary N) is 1. The van der Waals surface area contributed by atoms with Crippen molar-refractivity contribution in [1.29, 1.82) is 0 Å². The topological polar surface area (TPSA) is 68.5 Å². The van der Waals surface area contributed by atoms with E-state index in [4.69, 9.17) is 0 Å². The molecule has 108 valence electrons. The smallest absolute Gasteiger partial charge is 0.191 e. The molecule has 0 atom stereocenters. The first-order valence-electron chi connectivity index (χ1n) is 6.83.